The number of aliphatic hydroxyl groups is 1. The standard InChI is InChI=1S/C22H30O2/c1-5-8-21-17-20(11-7-15-23)12-13-22(21)24-16-14-19(4)10-6-9-18(2)3/h5,7,9,11-14,17,23H,1,6,8,10,15-16H2,2-4H3/b11-7?,19-14+. The summed E-state index contributed by atoms with van der Waals surface area (Å²) >= 11 is 0. The molecule has 0 bridgehead atoms. The molecular weight excluding hydrogens is 296 g/mol. The van der Waals surface area contributed by atoms with Crippen LogP contribution in [0.2, 0.25) is 0 Å². The Bertz CT molecular complexity index is 602. The Morgan fingerprint density at radius 2 is 2.00 bits per heavy atom. The van der Waals surface area contributed by atoms with Crippen LogP contribution in [-0.2, 0) is 6.42 Å². The molecular formula is C22H30O2. The van der Waals surface area contributed by atoms with Crippen LogP contribution in [0.5, 0.6) is 5.75 Å². The minimum Gasteiger partial charge on any atom is -0.489 e. The molecule has 0 fully saturated rings. The normalized spacial score (nSPS) is 11.6. The number of rotatable bonds is 10. The van der Waals surface area contributed by atoms with Gasteiger partial charge in [-0.15, -0.1) is 6.58 Å². The van der Waals surface area contributed by atoms with Crippen LogP contribution >= 0.6 is 0 Å². The Morgan fingerprint density at radius 3 is 2.67 bits per heavy atom. The van der Waals surface area contributed by atoms with E-state index >= 15 is 0 Å². The van der Waals surface area contributed by atoms with E-state index in [4.69, 9.17) is 9.84 Å². The third-order valence-electron chi connectivity index (χ3n) is 3.63. The summed E-state index contributed by atoms with van der Waals surface area (Å²) in [6, 6.07) is 6.07. The van der Waals surface area contributed by atoms with Crippen molar-refractivity contribution in [3.05, 3.63) is 71.4 Å². The Kier molecular flexibility index (Phi) is 9.55. The molecule has 1 aromatic rings. The van der Waals surface area contributed by atoms with Gasteiger partial charge in [-0.1, -0.05) is 41.5 Å². The van der Waals surface area contributed by atoms with Gasteiger partial charge >= 0.3 is 0 Å². The Morgan fingerprint density at radius 1 is 1.21 bits per heavy atom. The zero-order valence-corrected chi connectivity index (χ0v) is 15.2. The van der Waals surface area contributed by atoms with Crippen molar-refractivity contribution in [2.24, 2.45) is 0 Å². The van der Waals surface area contributed by atoms with Crippen molar-refractivity contribution < 1.29 is 9.84 Å². The zero-order chi connectivity index (χ0) is 17.8. The molecule has 0 spiro atoms. The highest BCUT2D eigenvalue weighted by Crippen LogP contribution is 2.22. The molecule has 0 amide bonds. The molecule has 0 aromatic heterocycles. The maximum Gasteiger partial charge on any atom is 0.123 e. The number of allylic oxidation sites excluding steroid dienone is 4. The lowest BCUT2D eigenvalue weighted by molar-refractivity contribution is 0.343. The minimum atomic E-state index is 0.0475. The second-order valence-electron chi connectivity index (χ2n) is 6.13. The first-order valence-corrected chi connectivity index (χ1v) is 8.49. The van der Waals surface area contributed by atoms with Crippen LogP contribution in [0.15, 0.2) is 60.2 Å². The van der Waals surface area contributed by atoms with E-state index in [9.17, 15) is 0 Å². The lowest BCUT2D eigenvalue weighted by Gasteiger charge is -2.10. The average Bonchev–Trinajstić information content (AvgIpc) is 2.54. The van der Waals surface area contributed by atoms with Gasteiger partial charge in [0.05, 0.1) is 6.61 Å². The van der Waals surface area contributed by atoms with Gasteiger partial charge in [0.1, 0.15) is 12.4 Å². The summed E-state index contributed by atoms with van der Waals surface area (Å²) in [5, 5.41) is 8.88. The first kappa shape index (κ1) is 20.0. The molecule has 24 heavy (non-hydrogen) atoms. The summed E-state index contributed by atoms with van der Waals surface area (Å²) in [5.74, 6) is 0.893. The maximum atomic E-state index is 8.88. The van der Waals surface area contributed by atoms with Crippen molar-refractivity contribution in [3.63, 3.8) is 0 Å². The third-order valence-corrected chi connectivity index (χ3v) is 3.63. The first-order chi connectivity index (χ1) is 11.6. The molecule has 0 atom stereocenters. The lowest BCUT2D eigenvalue weighted by atomic mass is 10.1. The second kappa shape index (κ2) is 11.5. The molecule has 0 saturated heterocycles. The maximum absolute atomic E-state index is 8.88. The minimum absolute atomic E-state index is 0.0475. The van der Waals surface area contributed by atoms with E-state index in [0.717, 1.165) is 36.1 Å². The summed E-state index contributed by atoms with van der Waals surface area (Å²) in [5.41, 5.74) is 4.88. The Labute approximate surface area is 146 Å². The molecule has 0 saturated carbocycles. The van der Waals surface area contributed by atoms with E-state index in [1.54, 1.807) is 6.08 Å². The van der Waals surface area contributed by atoms with E-state index < -0.39 is 0 Å². The summed E-state index contributed by atoms with van der Waals surface area (Å²) in [4.78, 5) is 0. The topological polar surface area (TPSA) is 29.5 Å². The fourth-order valence-corrected chi connectivity index (χ4v) is 2.31. The second-order valence-corrected chi connectivity index (χ2v) is 6.13. The smallest absolute Gasteiger partial charge is 0.123 e. The molecule has 0 heterocycles. The van der Waals surface area contributed by atoms with Crippen LogP contribution in [0, 0.1) is 0 Å². The van der Waals surface area contributed by atoms with Gasteiger partial charge in [-0.3, -0.25) is 0 Å². The number of aliphatic hydroxyl groups excluding tert-OH is 1. The monoisotopic (exact) mass is 326 g/mol. The molecule has 0 aliphatic rings. The van der Waals surface area contributed by atoms with Gasteiger partial charge in [0, 0.05) is 0 Å². The summed E-state index contributed by atoms with van der Waals surface area (Å²) in [6.45, 7) is 10.8. The predicted molar refractivity (Wildman–Crippen MR) is 104 cm³/mol. The lowest BCUT2D eigenvalue weighted by Crippen LogP contribution is -1.99. The van der Waals surface area contributed by atoms with Crippen LogP contribution in [0.1, 0.15) is 44.7 Å². The molecule has 0 unspecified atom stereocenters. The van der Waals surface area contributed by atoms with E-state index in [0.29, 0.717) is 6.61 Å². The van der Waals surface area contributed by atoms with E-state index in [-0.39, 0.29) is 6.61 Å². The predicted octanol–water partition coefficient (Wildman–Crippen LogP) is 5.49. The number of hydrogen-bond acceptors (Lipinski definition) is 2. The molecule has 1 rings (SSSR count). The number of hydrogen-bond donors (Lipinski definition) is 1. The van der Waals surface area contributed by atoms with E-state index in [1.165, 1.54) is 11.1 Å². The van der Waals surface area contributed by atoms with Gasteiger partial charge in [0.15, 0.2) is 0 Å². The molecule has 130 valence electrons. The van der Waals surface area contributed by atoms with Crippen molar-refractivity contribution in [1.82, 2.24) is 0 Å². The largest absolute Gasteiger partial charge is 0.489 e. The summed E-state index contributed by atoms with van der Waals surface area (Å²) in [6.07, 6.45) is 12.8. The van der Waals surface area contributed by atoms with Gasteiger partial charge in [-0.25, -0.2) is 0 Å². The van der Waals surface area contributed by atoms with Gasteiger partial charge in [-0.05, 0) is 69.4 Å². The quantitative estimate of drug-likeness (QED) is 0.576. The number of ether oxygens (including phenoxy) is 1. The average molecular weight is 326 g/mol. The Hall–Kier alpha value is -2.06. The van der Waals surface area contributed by atoms with E-state index in [2.05, 4.69) is 45.6 Å². The molecule has 2 heteroatoms. The Balaban J connectivity index is 2.67. The summed E-state index contributed by atoms with van der Waals surface area (Å²) < 4.78 is 5.93. The molecule has 0 radical (unpaired) electrons. The van der Waals surface area contributed by atoms with Crippen LogP contribution in [0.3, 0.4) is 0 Å². The zero-order valence-electron chi connectivity index (χ0n) is 15.2. The van der Waals surface area contributed by atoms with Crippen LogP contribution in [-0.4, -0.2) is 18.3 Å². The highest BCUT2D eigenvalue weighted by Gasteiger charge is 2.03. The highest BCUT2D eigenvalue weighted by atomic mass is 16.5. The fraction of sp³-hybridized carbons (Fsp3) is 0.364. The van der Waals surface area contributed by atoms with Crippen LogP contribution in [0.25, 0.3) is 6.08 Å². The van der Waals surface area contributed by atoms with Crippen molar-refractivity contribution in [2.75, 3.05) is 13.2 Å². The molecule has 0 aliphatic heterocycles. The van der Waals surface area contributed by atoms with E-state index in [1.807, 2.05) is 24.3 Å². The van der Waals surface area contributed by atoms with Crippen molar-refractivity contribution >= 4 is 6.08 Å². The molecule has 1 N–H and O–H groups in total. The van der Waals surface area contributed by atoms with Crippen molar-refractivity contribution in [1.29, 1.82) is 0 Å². The van der Waals surface area contributed by atoms with Crippen molar-refractivity contribution in [3.8, 4) is 5.75 Å². The number of benzene rings is 1. The van der Waals surface area contributed by atoms with Gasteiger partial charge in [-0.2, -0.15) is 0 Å². The molecule has 0 aliphatic carbocycles. The van der Waals surface area contributed by atoms with Crippen LogP contribution < -0.4 is 4.74 Å². The third kappa shape index (κ3) is 7.98. The van der Waals surface area contributed by atoms with Gasteiger partial charge in [0.2, 0.25) is 0 Å². The molecule has 1 aromatic carbocycles. The van der Waals surface area contributed by atoms with Crippen molar-refractivity contribution in [2.45, 2.75) is 40.0 Å². The molecule has 2 nitrogen and oxygen atoms in total. The highest BCUT2D eigenvalue weighted by molar-refractivity contribution is 5.53. The fourth-order valence-electron chi connectivity index (χ4n) is 2.31. The van der Waals surface area contributed by atoms with Crippen LogP contribution in [0.4, 0.5) is 0 Å². The van der Waals surface area contributed by atoms with Gasteiger partial charge < -0.3 is 9.84 Å². The first-order valence-electron chi connectivity index (χ1n) is 8.49. The van der Waals surface area contributed by atoms with Gasteiger partial charge in [0.25, 0.3) is 0 Å². The SMILES string of the molecule is C=CCc1cc(C=CCO)ccc1OC/C=C(\C)CCC=C(C)C. The summed E-state index contributed by atoms with van der Waals surface area (Å²) in [7, 11) is 0.